The lowest BCUT2D eigenvalue weighted by atomic mass is 10.1. The summed E-state index contributed by atoms with van der Waals surface area (Å²) in [5.74, 6) is 0.222. The molecule has 0 aliphatic carbocycles. The molecule has 2 rings (SSSR count). The molecule has 29 heavy (non-hydrogen) atoms. The molecule has 0 spiro atoms. The summed E-state index contributed by atoms with van der Waals surface area (Å²) in [7, 11) is 0. The lowest BCUT2D eigenvalue weighted by Crippen LogP contribution is -2.50. The minimum absolute atomic E-state index is 0.0561. The van der Waals surface area contributed by atoms with Crippen LogP contribution in [-0.4, -0.2) is 35.4 Å². The summed E-state index contributed by atoms with van der Waals surface area (Å²) in [6, 6.07) is 14.7. The van der Waals surface area contributed by atoms with Gasteiger partial charge in [-0.25, -0.2) is 0 Å². The van der Waals surface area contributed by atoms with Crippen molar-refractivity contribution < 1.29 is 14.3 Å². The number of halogens is 1. The summed E-state index contributed by atoms with van der Waals surface area (Å²) in [4.78, 5) is 27.2. The van der Waals surface area contributed by atoms with Gasteiger partial charge in [-0.3, -0.25) is 9.59 Å². The first-order chi connectivity index (χ1) is 13.8. The molecule has 2 aromatic carbocycles. The van der Waals surface area contributed by atoms with Crippen LogP contribution in [0.2, 0.25) is 0 Å². The summed E-state index contributed by atoms with van der Waals surface area (Å²) < 4.78 is 6.69. The summed E-state index contributed by atoms with van der Waals surface area (Å²) >= 11 is 3.45. The van der Waals surface area contributed by atoms with E-state index in [9.17, 15) is 9.59 Å². The molecule has 0 bridgehead atoms. The Bertz CT molecular complexity index is 826. The van der Waals surface area contributed by atoms with Crippen LogP contribution in [-0.2, 0) is 16.1 Å². The van der Waals surface area contributed by atoms with E-state index in [1.165, 1.54) is 0 Å². The molecule has 0 aliphatic heterocycles. The average Bonchev–Trinajstić information content (AvgIpc) is 2.72. The number of rotatable bonds is 9. The van der Waals surface area contributed by atoms with Crippen molar-refractivity contribution in [1.82, 2.24) is 10.2 Å². The van der Waals surface area contributed by atoms with E-state index in [0.717, 1.165) is 22.0 Å². The minimum atomic E-state index is -0.605. The zero-order chi connectivity index (χ0) is 21.4. The number of hydrogen-bond acceptors (Lipinski definition) is 3. The molecule has 2 atom stereocenters. The predicted octanol–water partition coefficient (Wildman–Crippen LogP) is 4.47. The van der Waals surface area contributed by atoms with Gasteiger partial charge in [-0.05, 0) is 56.5 Å². The van der Waals surface area contributed by atoms with Crippen LogP contribution in [0.15, 0.2) is 53.0 Å². The second kappa shape index (κ2) is 11.0. The van der Waals surface area contributed by atoms with Crippen molar-refractivity contribution in [2.75, 3.05) is 6.61 Å². The molecule has 0 unspecified atom stereocenters. The highest BCUT2D eigenvalue weighted by Crippen LogP contribution is 2.21. The first kappa shape index (κ1) is 22.9. The highest BCUT2D eigenvalue weighted by molar-refractivity contribution is 9.10. The van der Waals surface area contributed by atoms with E-state index in [-0.39, 0.29) is 24.5 Å². The summed E-state index contributed by atoms with van der Waals surface area (Å²) in [5.41, 5.74) is 1.99. The van der Waals surface area contributed by atoms with E-state index in [2.05, 4.69) is 21.2 Å². The largest absolute Gasteiger partial charge is 0.484 e. The Labute approximate surface area is 181 Å². The zero-order valence-electron chi connectivity index (χ0n) is 17.4. The Morgan fingerprint density at radius 1 is 1.14 bits per heavy atom. The van der Waals surface area contributed by atoms with Crippen LogP contribution in [0, 0.1) is 6.92 Å². The van der Waals surface area contributed by atoms with E-state index < -0.39 is 6.04 Å². The molecule has 0 fully saturated rings. The molecule has 0 saturated heterocycles. The molecular formula is C23H29BrN2O3. The molecule has 5 nitrogen and oxygen atoms in total. The van der Waals surface area contributed by atoms with Gasteiger partial charge in [0.1, 0.15) is 11.8 Å². The molecule has 0 aromatic heterocycles. The molecule has 0 radical (unpaired) electrons. The smallest absolute Gasteiger partial charge is 0.261 e. The van der Waals surface area contributed by atoms with Gasteiger partial charge in [-0.2, -0.15) is 0 Å². The summed E-state index contributed by atoms with van der Waals surface area (Å²) in [6.45, 7) is 7.89. The molecule has 0 aliphatic rings. The third-order valence-electron chi connectivity index (χ3n) is 4.86. The number of hydrogen-bond donors (Lipinski definition) is 1. The normalized spacial score (nSPS) is 12.7. The maximum absolute atomic E-state index is 13.0. The molecule has 156 valence electrons. The van der Waals surface area contributed by atoms with Crippen molar-refractivity contribution in [3.05, 3.63) is 64.1 Å². The van der Waals surface area contributed by atoms with Gasteiger partial charge in [0, 0.05) is 17.1 Å². The Morgan fingerprint density at radius 3 is 2.45 bits per heavy atom. The maximum atomic E-state index is 13.0. The van der Waals surface area contributed by atoms with Crippen LogP contribution >= 0.6 is 15.9 Å². The number of ether oxygens (including phenoxy) is 1. The number of aryl methyl sites for hydroxylation is 1. The van der Waals surface area contributed by atoms with Crippen molar-refractivity contribution in [2.45, 2.75) is 52.7 Å². The van der Waals surface area contributed by atoms with Gasteiger partial charge in [0.2, 0.25) is 5.91 Å². The Hall–Kier alpha value is -2.34. The summed E-state index contributed by atoms with van der Waals surface area (Å²) in [5, 5.41) is 2.96. The number of carbonyl (C=O) groups is 2. The summed E-state index contributed by atoms with van der Waals surface area (Å²) in [6.07, 6.45) is 0.830. The number of carbonyl (C=O) groups excluding carboxylic acids is 2. The van der Waals surface area contributed by atoms with Crippen molar-refractivity contribution in [3.8, 4) is 5.75 Å². The van der Waals surface area contributed by atoms with Crippen molar-refractivity contribution in [1.29, 1.82) is 0 Å². The minimum Gasteiger partial charge on any atom is -0.484 e. The van der Waals surface area contributed by atoms with Crippen LogP contribution in [0.4, 0.5) is 0 Å². The monoisotopic (exact) mass is 460 g/mol. The van der Waals surface area contributed by atoms with Crippen LogP contribution in [0.3, 0.4) is 0 Å². The third-order valence-corrected chi connectivity index (χ3v) is 5.75. The van der Waals surface area contributed by atoms with Gasteiger partial charge in [0.05, 0.1) is 0 Å². The number of nitrogens with zero attached hydrogens (tertiary/aromatic N) is 1. The van der Waals surface area contributed by atoms with Gasteiger partial charge in [-0.15, -0.1) is 0 Å². The number of amides is 2. The Morgan fingerprint density at radius 2 is 1.83 bits per heavy atom. The van der Waals surface area contributed by atoms with E-state index in [0.29, 0.717) is 12.3 Å². The quantitative estimate of drug-likeness (QED) is 0.600. The fourth-order valence-electron chi connectivity index (χ4n) is 2.76. The van der Waals surface area contributed by atoms with Crippen LogP contribution in [0.1, 0.15) is 38.3 Å². The van der Waals surface area contributed by atoms with E-state index in [1.54, 1.807) is 11.8 Å². The molecule has 6 heteroatoms. The van der Waals surface area contributed by atoms with E-state index >= 15 is 0 Å². The second-order valence-corrected chi connectivity index (χ2v) is 8.06. The molecule has 1 N–H and O–H groups in total. The lowest BCUT2D eigenvalue weighted by molar-refractivity contribution is -0.142. The van der Waals surface area contributed by atoms with Crippen molar-refractivity contribution >= 4 is 27.7 Å². The highest BCUT2D eigenvalue weighted by Gasteiger charge is 2.27. The first-order valence-corrected chi connectivity index (χ1v) is 10.6. The van der Waals surface area contributed by atoms with Crippen molar-refractivity contribution in [3.63, 3.8) is 0 Å². The fourth-order valence-corrected chi connectivity index (χ4v) is 3.01. The van der Waals surface area contributed by atoms with Crippen LogP contribution < -0.4 is 10.1 Å². The van der Waals surface area contributed by atoms with Gasteiger partial charge in [-0.1, -0.05) is 53.2 Å². The van der Waals surface area contributed by atoms with E-state index in [4.69, 9.17) is 4.74 Å². The second-order valence-electron chi connectivity index (χ2n) is 7.20. The lowest BCUT2D eigenvalue weighted by Gasteiger charge is -2.29. The molecule has 2 amide bonds. The standard InChI is InChI=1S/C23H29BrN2O3/c1-5-17(3)25-23(28)18(4)26(14-19-9-7-6-8-10-19)22(27)15-29-20-11-12-21(24)16(2)13-20/h6-13,17-18H,5,14-15H2,1-4H3,(H,25,28)/t17-,18+/m0/s1. The Kier molecular flexibility index (Phi) is 8.70. The van der Waals surface area contributed by atoms with Gasteiger partial charge in [0.25, 0.3) is 5.91 Å². The third kappa shape index (κ3) is 6.89. The average molecular weight is 461 g/mol. The number of benzene rings is 2. The first-order valence-electron chi connectivity index (χ1n) is 9.84. The van der Waals surface area contributed by atoms with Crippen LogP contribution in [0.5, 0.6) is 5.75 Å². The van der Waals surface area contributed by atoms with Gasteiger partial charge >= 0.3 is 0 Å². The topological polar surface area (TPSA) is 58.6 Å². The molecular weight excluding hydrogens is 432 g/mol. The maximum Gasteiger partial charge on any atom is 0.261 e. The SMILES string of the molecule is CC[C@H](C)NC(=O)[C@@H](C)N(Cc1ccccc1)C(=O)COc1ccc(Br)c(C)c1. The van der Waals surface area contributed by atoms with E-state index in [1.807, 2.05) is 69.3 Å². The Balaban J connectivity index is 2.12. The molecule has 0 saturated carbocycles. The van der Waals surface area contributed by atoms with Crippen LogP contribution in [0.25, 0.3) is 0 Å². The molecule has 0 heterocycles. The highest BCUT2D eigenvalue weighted by atomic mass is 79.9. The van der Waals surface area contributed by atoms with Crippen molar-refractivity contribution in [2.24, 2.45) is 0 Å². The fraction of sp³-hybridized carbons (Fsp3) is 0.391. The van der Waals surface area contributed by atoms with Gasteiger partial charge in [0.15, 0.2) is 6.61 Å². The molecule has 2 aromatic rings. The number of nitrogens with one attached hydrogen (secondary N) is 1. The van der Waals surface area contributed by atoms with Gasteiger partial charge < -0.3 is 15.0 Å². The predicted molar refractivity (Wildman–Crippen MR) is 119 cm³/mol. The zero-order valence-corrected chi connectivity index (χ0v) is 19.0.